The SMILES string of the molecule is CCCC1CCCCN1CCC(O)c1ccc(C)c(F)c1. The van der Waals surface area contributed by atoms with E-state index in [4.69, 9.17) is 0 Å². The molecule has 118 valence electrons. The number of aryl methyl sites for hydroxylation is 1. The maximum atomic E-state index is 13.6. The van der Waals surface area contributed by atoms with Crippen LogP contribution in [0.4, 0.5) is 4.39 Å². The number of benzene rings is 1. The van der Waals surface area contributed by atoms with Crippen molar-refractivity contribution in [1.29, 1.82) is 0 Å². The number of nitrogens with zero attached hydrogens (tertiary/aromatic N) is 1. The lowest BCUT2D eigenvalue weighted by molar-refractivity contribution is 0.0986. The van der Waals surface area contributed by atoms with E-state index in [1.165, 1.54) is 38.2 Å². The number of aliphatic hydroxyl groups excluding tert-OH is 1. The van der Waals surface area contributed by atoms with Crippen molar-refractivity contribution >= 4 is 0 Å². The molecule has 21 heavy (non-hydrogen) atoms. The lowest BCUT2D eigenvalue weighted by Crippen LogP contribution is -2.40. The molecule has 1 aliphatic rings. The van der Waals surface area contributed by atoms with Crippen LogP contribution in [0.5, 0.6) is 0 Å². The summed E-state index contributed by atoms with van der Waals surface area (Å²) in [6.07, 6.45) is 6.44. The van der Waals surface area contributed by atoms with Crippen molar-refractivity contribution in [2.45, 2.75) is 64.5 Å². The Hall–Kier alpha value is -0.930. The normalized spacial score (nSPS) is 21.4. The summed E-state index contributed by atoms with van der Waals surface area (Å²) in [6.45, 7) is 6.02. The van der Waals surface area contributed by atoms with E-state index in [-0.39, 0.29) is 5.82 Å². The molecule has 2 rings (SSSR count). The first kappa shape index (κ1) is 16.4. The summed E-state index contributed by atoms with van der Waals surface area (Å²) in [6, 6.07) is 5.72. The van der Waals surface area contributed by atoms with Crippen molar-refractivity contribution in [3.63, 3.8) is 0 Å². The molecule has 1 heterocycles. The molecule has 1 aromatic rings. The number of aliphatic hydroxyl groups is 1. The number of rotatable bonds is 6. The topological polar surface area (TPSA) is 23.5 Å². The monoisotopic (exact) mass is 293 g/mol. The Labute approximate surface area is 128 Å². The lowest BCUT2D eigenvalue weighted by Gasteiger charge is -2.36. The van der Waals surface area contributed by atoms with E-state index in [9.17, 15) is 9.50 Å². The van der Waals surface area contributed by atoms with E-state index in [1.54, 1.807) is 13.0 Å². The largest absolute Gasteiger partial charge is 0.388 e. The highest BCUT2D eigenvalue weighted by Crippen LogP contribution is 2.24. The minimum absolute atomic E-state index is 0.228. The van der Waals surface area contributed by atoms with Crippen molar-refractivity contribution in [2.24, 2.45) is 0 Å². The molecule has 1 aliphatic heterocycles. The summed E-state index contributed by atoms with van der Waals surface area (Å²) in [5.41, 5.74) is 1.33. The van der Waals surface area contributed by atoms with Gasteiger partial charge in [-0.25, -0.2) is 4.39 Å². The van der Waals surface area contributed by atoms with Gasteiger partial charge in [-0.05, 0) is 56.3 Å². The van der Waals surface area contributed by atoms with Crippen LogP contribution in [-0.2, 0) is 0 Å². The molecule has 1 fully saturated rings. The molecule has 0 aliphatic carbocycles. The Morgan fingerprint density at radius 3 is 2.90 bits per heavy atom. The van der Waals surface area contributed by atoms with Crippen LogP contribution in [0.3, 0.4) is 0 Å². The maximum absolute atomic E-state index is 13.6. The molecule has 0 amide bonds. The summed E-state index contributed by atoms with van der Waals surface area (Å²) >= 11 is 0. The van der Waals surface area contributed by atoms with Gasteiger partial charge in [-0.1, -0.05) is 31.9 Å². The van der Waals surface area contributed by atoms with Gasteiger partial charge in [-0.2, -0.15) is 0 Å². The van der Waals surface area contributed by atoms with Crippen LogP contribution in [0.1, 0.15) is 62.7 Å². The van der Waals surface area contributed by atoms with Crippen LogP contribution in [0, 0.1) is 12.7 Å². The van der Waals surface area contributed by atoms with Gasteiger partial charge < -0.3 is 10.0 Å². The van der Waals surface area contributed by atoms with Gasteiger partial charge in [0, 0.05) is 12.6 Å². The van der Waals surface area contributed by atoms with Gasteiger partial charge in [0.05, 0.1) is 6.10 Å². The minimum Gasteiger partial charge on any atom is -0.388 e. The second-order valence-corrected chi connectivity index (χ2v) is 6.29. The lowest BCUT2D eigenvalue weighted by atomic mass is 9.97. The molecular weight excluding hydrogens is 265 g/mol. The summed E-state index contributed by atoms with van der Waals surface area (Å²) < 4.78 is 13.6. The van der Waals surface area contributed by atoms with Crippen molar-refractivity contribution in [3.05, 3.63) is 35.1 Å². The molecule has 1 aromatic carbocycles. The van der Waals surface area contributed by atoms with Gasteiger partial charge >= 0.3 is 0 Å². The molecule has 2 atom stereocenters. The Bertz CT molecular complexity index is 447. The van der Waals surface area contributed by atoms with E-state index in [1.807, 2.05) is 6.07 Å². The molecule has 2 nitrogen and oxygen atoms in total. The number of hydrogen-bond donors (Lipinski definition) is 1. The van der Waals surface area contributed by atoms with Gasteiger partial charge in [0.15, 0.2) is 0 Å². The number of likely N-dealkylation sites (tertiary alicyclic amines) is 1. The zero-order valence-electron chi connectivity index (χ0n) is 13.3. The molecule has 1 N–H and O–H groups in total. The highest BCUT2D eigenvalue weighted by Gasteiger charge is 2.22. The van der Waals surface area contributed by atoms with Crippen molar-refractivity contribution in [3.8, 4) is 0 Å². The van der Waals surface area contributed by atoms with E-state index in [0.717, 1.165) is 13.1 Å². The standard InChI is InChI=1S/C18H28FNO/c1-3-6-16-7-4-5-11-20(16)12-10-18(21)15-9-8-14(2)17(19)13-15/h8-9,13,16,18,21H,3-7,10-12H2,1-2H3. The average Bonchev–Trinajstić information content (AvgIpc) is 2.49. The molecule has 0 bridgehead atoms. The molecule has 0 saturated carbocycles. The molecule has 0 aromatic heterocycles. The second-order valence-electron chi connectivity index (χ2n) is 6.29. The smallest absolute Gasteiger partial charge is 0.126 e. The van der Waals surface area contributed by atoms with Crippen LogP contribution >= 0.6 is 0 Å². The Balaban J connectivity index is 1.89. The first-order valence-electron chi connectivity index (χ1n) is 8.30. The minimum atomic E-state index is -0.565. The fraction of sp³-hybridized carbons (Fsp3) is 0.667. The number of hydrogen-bond acceptors (Lipinski definition) is 2. The summed E-state index contributed by atoms with van der Waals surface area (Å²) in [5, 5.41) is 10.3. The van der Waals surface area contributed by atoms with Crippen molar-refractivity contribution in [2.75, 3.05) is 13.1 Å². The fourth-order valence-electron chi connectivity index (χ4n) is 3.29. The zero-order valence-corrected chi connectivity index (χ0v) is 13.3. The van der Waals surface area contributed by atoms with Crippen LogP contribution in [0.15, 0.2) is 18.2 Å². The predicted octanol–water partition coefficient (Wildman–Crippen LogP) is 4.21. The van der Waals surface area contributed by atoms with E-state index in [2.05, 4.69) is 11.8 Å². The van der Waals surface area contributed by atoms with Crippen molar-refractivity contribution < 1.29 is 9.50 Å². The van der Waals surface area contributed by atoms with Crippen molar-refractivity contribution in [1.82, 2.24) is 4.90 Å². The van der Waals surface area contributed by atoms with Gasteiger partial charge in [-0.15, -0.1) is 0 Å². The average molecular weight is 293 g/mol. The Morgan fingerprint density at radius 1 is 1.38 bits per heavy atom. The van der Waals surface area contributed by atoms with E-state index >= 15 is 0 Å². The van der Waals surface area contributed by atoms with Crippen LogP contribution in [0.2, 0.25) is 0 Å². The second kappa shape index (κ2) is 7.90. The first-order valence-corrected chi connectivity index (χ1v) is 8.30. The zero-order chi connectivity index (χ0) is 15.2. The van der Waals surface area contributed by atoms with Crippen LogP contribution in [-0.4, -0.2) is 29.1 Å². The molecule has 0 spiro atoms. The molecule has 1 saturated heterocycles. The molecule has 0 radical (unpaired) electrons. The van der Waals surface area contributed by atoms with Crippen LogP contribution < -0.4 is 0 Å². The highest BCUT2D eigenvalue weighted by molar-refractivity contribution is 5.24. The predicted molar refractivity (Wildman–Crippen MR) is 84.8 cm³/mol. The van der Waals surface area contributed by atoms with Gasteiger partial charge in [0.25, 0.3) is 0 Å². The molecule has 3 heteroatoms. The number of halogens is 1. The van der Waals surface area contributed by atoms with Gasteiger partial charge in [-0.3, -0.25) is 0 Å². The quantitative estimate of drug-likeness (QED) is 0.849. The Morgan fingerprint density at radius 2 is 2.19 bits per heavy atom. The molecular formula is C18H28FNO. The fourth-order valence-corrected chi connectivity index (χ4v) is 3.29. The third-order valence-electron chi connectivity index (χ3n) is 4.64. The summed E-state index contributed by atoms with van der Waals surface area (Å²) in [7, 11) is 0. The van der Waals surface area contributed by atoms with Gasteiger partial charge in [0.1, 0.15) is 5.82 Å². The third-order valence-corrected chi connectivity index (χ3v) is 4.64. The Kier molecular flexibility index (Phi) is 6.19. The summed E-state index contributed by atoms with van der Waals surface area (Å²) in [4.78, 5) is 2.51. The highest BCUT2D eigenvalue weighted by atomic mass is 19.1. The van der Waals surface area contributed by atoms with Gasteiger partial charge in [0.2, 0.25) is 0 Å². The molecule has 2 unspecified atom stereocenters. The number of piperidine rings is 1. The van der Waals surface area contributed by atoms with E-state index in [0.29, 0.717) is 23.6 Å². The maximum Gasteiger partial charge on any atom is 0.126 e. The first-order chi connectivity index (χ1) is 10.1. The summed E-state index contributed by atoms with van der Waals surface area (Å²) in [5.74, 6) is -0.228. The van der Waals surface area contributed by atoms with Crippen LogP contribution in [0.25, 0.3) is 0 Å². The third kappa shape index (κ3) is 4.52. The van der Waals surface area contributed by atoms with E-state index < -0.39 is 6.10 Å².